The van der Waals surface area contributed by atoms with Gasteiger partial charge in [-0.3, -0.25) is 4.79 Å². The van der Waals surface area contributed by atoms with Crippen LogP contribution in [0.15, 0.2) is 0 Å². The molecule has 0 fully saturated rings. The van der Waals surface area contributed by atoms with Crippen molar-refractivity contribution in [3.05, 3.63) is 0 Å². The average molecular weight is 490 g/mol. The molecule has 0 aliphatic carbocycles. The summed E-state index contributed by atoms with van der Waals surface area (Å²) in [6.45, 7) is 2.41. The molecule has 13 heteroatoms. The van der Waals surface area contributed by atoms with E-state index in [0.29, 0.717) is 24.0 Å². The molecule has 0 bridgehead atoms. The van der Waals surface area contributed by atoms with E-state index in [0.717, 1.165) is 0 Å². The van der Waals surface area contributed by atoms with Gasteiger partial charge >= 0.3 is 12.4 Å². The van der Waals surface area contributed by atoms with Crippen LogP contribution in [-0.4, -0.2) is 76.2 Å². The van der Waals surface area contributed by atoms with E-state index < -0.39 is 52.6 Å². The molecule has 5 nitrogen and oxygen atoms in total. The van der Waals surface area contributed by atoms with Crippen LogP contribution in [0.25, 0.3) is 0 Å². The van der Waals surface area contributed by atoms with Gasteiger partial charge in [0.25, 0.3) is 0 Å². The lowest BCUT2D eigenvalue weighted by Gasteiger charge is -2.29. The molecule has 0 amide bonds. The molecule has 0 aromatic rings. The first kappa shape index (κ1) is 30.0. The molecule has 1 N–H and O–H groups in total. The van der Waals surface area contributed by atoms with Crippen molar-refractivity contribution in [2.75, 3.05) is 39.5 Å². The number of Topliss-reactive ketones (excluding diaryl/α,β-unsaturated/α-hetero) is 1. The second-order valence-electron chi connectivity index (χ2n) is 8.72. The Hall–Kier alpha value is -0.950. The van der Waals surface area contributed by atoms with Gasteiger partial charge in [-0.05, 0) is 19.8 Å². The fourth-order valence-electron chi connectivity index (χ4n) is 3.13. The maximum atomic E-state index is 13.7. The third-order valence-corrected chi connectivity index (χ3v) is 6.28. The maximum absolute atomic E-state index is 13.7. The van der Waals surface area contributed by atoms with Gasteiger partial charge < -0.3 is 4.48 Å². The van der Waals surface area contributed by atoms with Crippen LogP contribution in [0.5, 0.6) is 0 Å². The van der Waals surface area contributed by atoms with Crippen molar-refractivity contribution in [3.63, 3.8) is 0 Å². The summed E-state index contributed by atoms with van der Waals surface area (Å²) >= 11 is 0. The molecule has 0 saturated carbocycles. The van der Waals surface area contributed by atoms with Crippen molar-refractivity contribution in [1.82, 2.24) is 4.72 Å². The van der Waals surface area contributed by atoms with Crippen molar-refractivity contribution in [3.8, 4) is 0 Å². The highest BCUT2D eigenvalue weighted by Gasteiger charge is 2.56. The Balaban J connectivity index is 4.52. The predicted octanol–water partition coefficient (Wildman–Crippen LogP) is 3.99. The van der Waals surface area contributed by atoms with Crippen LogP contribution in [0.3, 0.4) is 0 Å². The predicted molar refractivity (Wildman–Crippen MR) is 103 cm³/mol. The second-order valence-corrected chi connectivity index (χ2v) is 10.6. The van der Waals surface area contributed by atoms with Crippen molar-refractivity contribution in [2.24, 2.45) is 5.92 Å². The van der Waals surface area contributed by atoms with Gasteiger partial charge in [-0.1, -0.05) is 6.42 Å². The molecule has 186 valence electrons. The largest absolute Gasteiger partial charge is 0.422 e. The van der Waals surface area contributed by atoms with Crippen molar-refractivity contribution >= 4 is 15.8 Å². The SMILES string of the molecule is CC(=O)C[N+](C)(C)CCCNS(=O)(=O)CCCCC(CC(C)(F)C(F)(F)F)C(F)(F)F. The van der Waals surface area contributed by atoms with Crippen LogP contribution < -0.4 is 4.72 Å². The summed E-state index contributed by atoms with van der Waals surface area (Å²) in [5, 5.41) is 0. The van der Waals surface area contributed by atoms with E-state index in [2.05, 4.69) is 4.72 Å². The Bertz CT molecular complexity index is 675. The number of carbonyl (C=O) groups excluding carboxylic acids is 1. The maximum Gasteiger partial charge on any atom is 0.422 e. The first-order valence-electron chi connectivity index (χ1n) is 9.80. The smallest absolute Gasteiger partial charge is 0.322 e. The first-order valence-corrected chi connectivity index (χ1v) is 11.4. The number of unbranched alkanes of at least 4 members (excludes halogenated alkanes) is 1. The average Bonchev–Trinajstić information content (AvgIpc) is 2.51. The Morgan fingerprint density at radius 1 is 1.00 bits per heavy atom. The van der Waals surface area contributed by atoms with Gasteiger partial charge in [0.15, 0.2) is 5.78 Å². The van der Waals surface area contributed by atoms with Gasteiger partial charge in [0.1, 0.15) is 6.54 Å². The van der Waals surface area contributed by atoms with Crippen LogP contribution in [-0.2, 0) is 14.8 Å². The number of halogens is 7. The van der Waals surface area contributed by atoms with Gasteiger partial charge in [-0.25, -0.2) is 17.5 Å². The van der Waals surface area contributed by atoms with Crippen molar-refractivity contribution in [2.45, 2.75) is 64.0 Å². The standard InChI is InChI=1S/C18H32F7N2O3S/c1-14(28)13-27(3,4)10-7-9-26-31(29,30)11-6-5-8-15(17(20,21)22)12-16(2,19)18(23,24)25/h15,26H,5-13H2,1-4H3/q+1. The van der Waals surface area contributed by atoms with Gasteiger partial charge in [-0.15, -0.1) is 0 Å². The molecule has 0 aromatic carbocycles. The van der Waals surface area contributed by atoms with Gasteiger partial charge in [0, 0.05) is 26.3 Å². The Kier molecular flexibility index (Phi) is 10.9. The molecule has 0 aliphatic heterocycles. The minimum atomic E-state index is -5.43. The zero-order chi connectivity index (χ0) is 24.7. The molecule has 0 rings (SSSR count). The van der Waals surface area contributed by atoms with E-state index >= 15 is 0 Å². The molecule has 0 aromatic heterocycles. The fourth-order valence-corrected chi connectivity index (χ4v) is 4.32. The van der Waals surface area contributed by atoms with Crippen LogP contribution in [0, 0.1) is 5.92 Å². The minimum absolute atomic E-state index is 0.00829. The first-order chi connectivity index (χ1) is 13.7. The number of hydrogen-bond donors (Lipinski definition) is 1. The Morgan fingerprint density at radius 2 is 1.55 bits per heavy atom. The van der Waals surface area contributed by atoms with Gasteiger partial charge in [-0.2, -0.15) is 26.3 Å². The van der Waals surface area contributed by atoms with Crippen LogP contribution in [0.2, 0.25) is 0 Å². The lowest BCUT2D eigenvalue weighted by atomic mass is 9.88. The zero-order valence-electron chi connectivity index (χ0n) is 18.2. The molecule has 31 heavy (non-hydrogen) atoms. The molecule has 0 spiro atoms. The monoisotopic (exact) mass is 489 g/mol. The van der Waals surface area contributed by atoms with Crippen LogP contribution >= 0.6 is 0 Å². The van der Waals surface area contributed by atoms with E-state index in [1.165, 1.54) is 6.92 Å². The Labute approximate surface area is 179 Å². The number of carbonyl (C=O) groups is 1. The highest BCUT2D eigenvalue weighted by molar-refractivity contribution is 7.89. The Morgan fingerprint density at radius 3 is 2.00 bits per heavy atom. The number of hydrogen-bond acceptors (Lipinski definition) is 3. The molecule has 0 saturated heterocycles. The molecule has 2 atom stereocenters. The molecular weight excluding hydrogens is 457 g/mol. The molecule has 0 heterocycles. The molecule has 0 aliphatic rings. The highest BCUT2D eigenvalue weighted by atomic mass is 32.2. The number of nitrogens with zero attached hydrogens (tertiary/aromatic N) is 1. The third-order valence-electron chi connectivity index (χ3n) is 4.81. The number of alkyl halides is 7. The summed E-state index contributed by atoms with van der Waals surface area (Å²) in [7, 11) is -0.146. The van der Waals surface area contributed by atoms with E-state index in [1.54, 1.807) is 0 Å². The topological polar surface area (TPSA) is 63.2 Å². The summed E-state index contributed by atoms with van der Waals surface area (Å²) in [6.07, 6.45) is -13.1. The summed E-state index contributed by atoms with van der Waals surface area (Å²) < 4.78 is 117. The number of sulfonamides is 1. The lowest BCUT2D eigenvalue weighted by molar-refractivity contribution is -0.882. The van der Waals surface area contributed by atoms with Crippen molar-refractivity contribution < 1.29 is 48.4 Å². The van der Waals surface area contributed by atoms with Crippen molar-refractivity contribution in [1.29, 1.82) is 0 Å². The van der Waals surface area contributed by atoms with E-state index in [-0.39, 0.29) is 32.1 Å². The number of likely N-dealkylation sites (N-methyl/N-ethyl adjacent to an activating group) is 1. The quantitative estimate of drug-likeness (QED) is 0.228. The third kappa shape index (κ3) is 12.6. The molecule has 0 radical (unpaired) electrons. The second kappa shape index (κ2) is 11.3. The summed E-state index contributed by atoms with van der Waals surface area (Å²) in [5.74, 6) is -3.03. The normalized spacial score (nSPS) is 16.7. The van der Waals surface area contributed by atoms with Gasteiger partial charge in [0.05, 0.1) is 32.3 Å². The fraction of sp³-hybridized carbons (Fsp3) is 0.944. The van der Waals surface area contributed by atoms with E-state index in [9.17, 15) is 43.9 Å². The molecule has 2 unspecified atom stereocenters. The summed E-state index contributed by atoms with van der Waals surface area (Å²) in [6, 6.07) is 0. The minimum Gasteiger partial charge on any atom is -0.322 e. The summed E-state index contributed by atoms with van der Waals surface area (Å²) in [5.41, 5.74) is -3.99. The van der Waals surface area contributed by atoms with Crippen LogP contribution in [0.4, 0.5) is 30.7 Å². The zero-order valence-corrected chi connectivity index (χ0v) is 19.0. The number of nitrogens with one attached hydrogen (secondary N) is 1. The van der Waals surface area contributed by atoms with Crippen LogP contribution in [0.1, 0.15) is 46.0 Å². The number of quaternary nitrogens is 1. The van der Waals surface area contributed by atoms with Gasteiger partial charge in [0.2, 0.25) is 15.7 Å². The lowest BCUT2D eigenvalue weighted by Crippen LogP contribution is -2.45. The van der Waals surface area contributed by atoms with E-state index in [4.69, 9.17) is 0 Å². The highest BCUT2D eigenvalue weighted by Crippen LogP contribution is 2.44. The number of rotatable bonds is 14. The summed E-state index contributed by atoms with van der Waals surface area (Å²) in [4.78, 5) is 11.2. The number of ketones is 1. The van der Waals surface area contributed by atoms with E-state index in [1.807, 2.05) is 14.1 Å². The molecular formula is C18H32F7N2O3S+.